The molecule has 1 aliphatic rings. The zero-order valence-electron chi connectivity index (χ0n) is 10.9. The lowest BCUT2D eigenvalue weighted by molar-refractivity contribution is 0.186. The SMILES string of the molecule is CCCCCC1c2ccccc2CCN1C(=O)Cl. The van der Waals surface area contributed by atoms with Crippen LogP contribution in [0.25, 0.3) is 0 Å². The second-order valence-electron chi connectivity index (χ2n) is 4.91. The Bertz CT molecular complexity index is 419. The summed E-state index contributed by atoms with van der Waals surface area (Å²) in [5.41, 5.74) is 2.65. The molecule has 0 aromatic heterocycles. The maximum absolute atomic E-state index is 11.5. The van der Waals surface area contributed by atoms with Crippen molar-refractivity contribution in [2.75, 3.05) is 6.54 Å². The van der Waals surface area contributed by atoms with Gasteiger partial charge in [-0.05, 0) is 35.6 Å². The Hall–Kier alpha value is -1.02. The number of benzene rings is 1. The lowest BCUT2D eigenvalue weighted by Gasteiger charge is -2.36. The summed E-state index contributed by atoms with van der Waals surface area (Å²) in [6, 6.07) is 8.59. The average molecular weight is 266 g/mol. The van der Waals surface area contributed by atoms with Gasteiger partial charge in [0.1, 0.15) is 0 Å². The highest BCUT2D eigenvalue weighted by atomic mass is 35.5. The monoisotopic (exact) mass is 265 g/mol. The minimum Gasteiger partial charge on any atom is -0.322 e. The topological polar surface area (TPSA) is 20.3 Å². The summed E-state index contributed by atoms with van der Waals surface area (Å²) in [5, 5.41) is -0.314. The Kier molecular flexibility index (Phi) is 4.65. The van der Waals surface area contributed by atoms with Crippen molar-refractivity contribution in [1.82, 2.24) is 4.90 Å². The quantitative estimate of drug-likeness (QED) is 0.445. The van der Waals surface area contributed by atoms with E-state index in [0.29, 0.717) is 0 Å². The van der Waals surface area contributed by atoms with Gasteiger partial charge in [-0.15, -0.1) is 0 Å². The van der Waals surface area contributed by atoms with Crippen LogP contribution in [-0.2, 0) is 6.42 Å². The number of hydrogen-bond donors (Lipinski definition) is 0. The number of carbonyl (C=O) groups excluding carboxylic acids is 1. The van der Waals surface area contributed by atoms with E-state index in [9.17, 15) is 4.79 Å². The molecule has 0 saturated heterocycles. The number of unbranched alkanes of at least 4 members (excludes halogenated alkanes) is 2. The first-order chi connectivity index (χ1) is 8.74. The first-order valence-electron chi connectivity index (χ1n) is 6.78. The third-order valence-corrected chi connectivity index (χ3v) is 3.94. The fraction of sp³-hybridized carbons (Fsp3) is 0.533. The summed E-state index contributed by atoms with van der Waals surface area (Å²) in [6.45, 7) is 2.94. The molecule has 0 spiro atoms. The van der Waals surface area contributed by atoms with Gasteiger partial charge in [0, 0.05) is 6.54 Å². The first-order valence-corrected chi connectivity index (χ1v) is 7.15. The molecule has 2 rings (SSSR count). The van der Waals surface area contributed by atoms with Gasteiger partial charge in [0.2, 0.25) is 0 Å². The smallest absolute Gasteiger partial charge is 0.316 e. The molecule has 0 N–H and O–H groups in total. The van der Waals surface area contributed by atoms with Crippen LogP contribution in [0.4, 0.5) is 4.79 Å². The van der Waals surface area contributed by atoms with Crippen molar-refractivity contribution in [3.8, 4) is 0 Å². The molecule has 3 heteroatoms. The third kappa shape index (κ3) is 2.86. The van der Waals surface area contributed by atoms with Gasteiger partial charge in [-0.2, -0.15) is 0 Å². The van der Waals surface area contributed by atoms with E-state index in [0.717, 1.165) is 25.8 Å². The van der Waals surface area contributed by atoms with E-state index in [1.807, 2.05) is 11.0 Å². The highest BCUT2D eigenvalue weighted by molar-refractivity contribution is 6.62. The van der Waals surface area contributed by atoms with E-state index in [1.165, 1.54) is 24.0 Å². The van der Waals surface area contributed by atoms with E-state index >= 15 is 0 Å². The largest absolute Gasteiger partial charge is 0.322 e. The number of hydrogen-bond acceptors (Lipinski definition) is 1. The van der Waals surface area contributed by atoms with Gasteiger partial charge in [0.15, 0.2) is 0 Å². The van der Waals surface area contributed by atoms with Crippen molar-refractivity contribution in [3.05, 3.63) is 35.4 Å². The number of rotatable bonds is 4. The van der Waals surface area contributed by atoms with Crippen molar-refractivity contribution in [1.29, 1.82) is 0 Å². The Balaban J connectivity index is 2.20. The van der Waals surface area contributed by atoms with Crippen LogP contribution in [-0.4, -0.2) is 16.8 Å². The maximum Gasteiger partial charge on any atom is 0.316 e. The predicted molar refractivity (Wildman–Crippen MR) is 75.0 cm³/mol. The van der Waals surface area contributed by atoms with Crippen LogP contribution in [0.2, 0.25) is 0 Å². The van der Waals surface area contributed by atoms with Crippen LogP contribution in [0, 0.1) is 0 Å². The maximum atomic E-state index is 11.5. The number of carbonyl (C=O) groups is 1. The molecule has 0 bridgehead atoms. The van der Waals surface area contributed by atoms with Crippen molar-refractivity contribution >= 4 is 17.0 Å². The molecule has 1 aromatic carbocycles. The molecule has 0 aliphatic carbocycles. The third-order valence-electron chi connectivity index (χ3n) is 3.72. The Labute approximate surface area is 114 Å². The lowest BCUT2D eigenvalue weighted by Crippen LogP contribution is -2.37. The summed E-state index contributed by atoms with van der Waals surface area (Å²) >= 11 is 5.72. The molecule has 1 unspecified atom stereocenters. The van der Waals surface area contributed by atoms with Crippen LogP contribution in [0.15, 0.2) is 24.3 Å². The van der Waals surface area contributed by atoms with Crippen LogP contribution in [0.1, 0.15) is 49.8 Å². The second kappa shape index (κ2) is 6.24. The zero-order valence-corrected chi connectivity index (χ0v) is 11.6. The molecule has 2 nitrogen and oxygen atoms in total. The van der Waals surface area contributed by atoms with Gasteiger partial charge in [-0.1, -0.05) is 50.5 Å². The highest BCUT2D eigenvalue weighted by Gasteiger charge is 2.29. The number of halogens is 1. The normalized spacial score (nSPS) is 18.6. The van der Waals surface area contributed by atoms with E-state index in [4.69, 9.17) is 11.6 Å². The summed E-state index contributed by atoms with van der Waals surface area (Å²) in [6.07, 6.45) is 5.49. The molecule has 18 heavy (non-hydrogen) atoms. The minimum absolute atomic E-state index is 0.173. The Morgan fingerprint density at radius 2 is 2.17 bits per heavy atom. The van der Waals surface area contributed by atoms with Gasteiger partial charge in [0.25, 0.3) is 0 Å². The van der Waals surface area contributed by atoms with Gasteiger partial charge >= 0.3 is 5.37 Å². The second-order valence-corrected chi connectivity index (χ2v) is 5.23. The molecule has 1 aromatic rings. The van der Waals surface area contributed by atoms with Crippen molar-refractivity contribution in [3.63, 3.8) is 0 Å². The first kappa shape index (κ1) is 13.4. The van der Waals surface area contributed by atoms with Gasteiger partial charge in [-0.25, -0.2) is 0 Å². The van der Waals surface area contributed by atoms with E-state index in [2.05, 4.69) is 25.1 Å². The molecule has 1 aliphatic heterocycles. The number of nitrogens with zero attached hydrogens (tertiary/aromatic N) is 1. The van der Waals surface area contributed by atoms with Crippen molar-refractivity contribution in [2.45, 2.75) is 45.1 Å². The lowest BCUT2D eigenvalue weighted by atomic mass is 9.90. The highest BCUT2D eigenvalue weighted by Crippen LogP contribution is 2.34. The van der Waals surface area contributed by atoms with Crippen LogP contribution in [0.5, 0.6) is 0 Å². The van der Waals surface area contributed by atoms with E-state index in [1.54, 1.807) is 0 Å². The molecular weight excluding hydrogens is 246 g/mol. The number of fused-ring (bicyclic) bond motifs is 1. The fourth-order valence-corrected chi connectivity index (χ4v) is 2.96. The van der Waals surface area contributed by atoms with Crippen molar-refractivity contribution < 1.29 is 4.79 Å². The van der Waals surface area contributed by atoms with Crippen molar-refractivity contribution in [2.24, 2.45) is 0 Å². The zero-order chi connectivity index (χ0) is 13.0. The molecular formula is C15H20ClNO. The molecule has 1 atom stereocenters. The Morgan fingerprint density at radius 1 is 1.39 bits per heavy atom. The Morgan fingerprint density at radius 3 is 2.89 bits per heavy atom. The average Bonchev–Trinajstić information content (AvgIpc) is 2.38. The summed E-state index contributed by atoms with van der Waals surface area (Å²) < 4.78 is 0. The summed E-state index contributed by atoms with van der Waals surface area (Å²) in [5.74, 6) is 0. The number of amides is 1. The van der Waals surface area contributed by atoms with Crippen LogP contribution >= 0.6 is 11.6 Å². The molecule has 0 saturated carbocycles. The molecule has 98 valence electrons. The molecule has 1 amide bonds. The van der Waals surface area contributed by atoms with Gasteiger partial charge in [-0.3, -0.25) is 4.79 Å². The predicted octanol–water partition coefficient (Wildman–Crippen LogP) is 4.52. The molecule has 1 heterocycles. The van der Waals surface area contributed by atoms with E-state index < -0.39 is 0 Å². The standard InChI is InChI=1S/C15H20ClNO/c1-2-3-4-9-14-13-8-6-5-7-12(13)10-11-17(14)15(16)18/h5-8,14H,2-4,9-11H2,1H3. The summed E-state index contributed by atoms with van der Waals surface area (Å²) in [4.78, 5) is 13.4. The van der Waals surface area contributed by atoms with Gasteiger partial charge in [0.05, 0.1) is 6.04 Å². The molecule has 0 radical (unpaired) electrons. The molecule has 0 fully saturated rings. The summed E-state index contributed by atoms with van der Waals surface area (Å²) in [7, 11) is 0. The van der Waals surface area contributed by atoms with E-state index in [-0.39, 0.29) is 11.4 Å². The van der Waals surface area contributed by atoms with Gasteiger partial charge < -0.3 is 4.90 Å². The van der Waals surface area contributed by atoms with Crippen LogP contribution < -0.4 is 0 Å². The fourth-order valence-electron chi connectivity index (χ4n) is 2.76. The minimum atomic E-state index is -0.314. The van der Waals surface area contributed by atoms with Crippen LogP contribution in [0.3, 0.4) is 0 Å².